The van der Waals surface area contributed by atoms with Crippen LogP contribution in [0.2, 0.25) is 0 Å². The zero-order valence-electron chi connectivity index (χ0n) is 14.6. The standard InChI is InChI=1S/C19H22N4O3/c1-26-19(10-11-19)18(24)21-13-15-8-6-14(7-9-15)12-20-16-4-2-3-5-17(16)22-23-25/h2-9,20H,10-13H2,1H3,(H,21,24)(H,22,25). The van der Waals surface area contributed by atoms with Crippen molar-refractivity contribution < 1.29 is 9.53 Å². The van der Waals surface area contributed by atoms with E-state index in [0.29, 0.717) is 18.8 Å². The molecule has 0 aliphatic heterocycles. The maximum atomic E-state index is 12.1. The number of ether oxygens (including phenoxy) is 1. The topological polar surface area (TPSA) is 91.8 Å². The van der Waals surface area contributed by atoms with E-state index in [-0.39, 0.29) is 5.91 Å². The second-order valence-corrected chi connectivity index (χ2v) is 6.30. The van der Waals surface area contributed by atoms with Crippen molar-refractivity contribution in [2.75, 3.05) is 17.9 Å². The highest BCUT2D eigenvalue weighted by atomic mass is 16.5. The highest BCUT2D eigenvalue weighted by Gasteiger charge is 2.50. The number of carbonyl (C=O) groups excluding carboxylic acids is 1. The summed E-state index contributed by atoms with van der Waals surface area (Å²) in [5.41, 5.74) is 5.38. The van der Waals surface area contributed by atoms with Crippen molar-refractivity contribution in [1.29, 1.82) is 0 Å². The minimum atomic E-state index is -0.596. The maximum Gasteiger partial charge on any atom is 0.252 e. The van der Waals surface area contributed by atoms with Gasteiger partial charge in [-0.1, -0.05) is 36.4 Å². The molecule has 26 heavy (non-hydrogen) atoms. The van der Waals surface area contributed by atoms with Crippen LogP contribution in [0.3, 0.4) is 0 Å². The molecule has 0 aromatic heterocycles. The summed E-state index contributed by atoms with van der Waals surface area (Å²) in [6.45, 7) is 1.09. The van der Waals surface area contributed by atoms with Crippen molar-refractivity contribution in [3.63, 3.8) is 0 Å². The largest absolute Gasteiger partial charge is 0.379 e. The molecule has 2 aromatic carbocycles. The molecule has 2 aromatic rings. The van der Waals surface area contributed by atoms with E-state index >= 15 is 0 Å². The number of amides is 1. The quantitative estimate of drug-likeness (QED) is 0.475. The van der Waals surface area contributed by atoms with E-state index in [4.69, 9.17) is 4.74 Å². The first kappa shape index (κ1) is 17.9. The van der Waals surface area contributed by atoms with Gasteiger partial charge in [-0.25, -0.2) is 5.43 Å². The summed E-state index contributed by atoms with van der Waals surface area (Å²) in [5.74, 6) is -0.0429. The SMILES string of the molecule is COC1(C(=O)NCc2ccc(CNc3ccccc3NN=O)cc2)CC1. The summed E-state index contributed by atoms with van der Waals surface area (Å²) in [4.78, 5) is 22.5. The normalized spacial score (nSPS) is 14.3. The van der Waals surface area contributed by atoms with E-state index in [9.17, 15) is 9.70 Å². The molecule has 0 unspecified atom stereocenters. The number of nitroso groups, excluding NO2 is 1. The van der Waals surface area contributed by atoms with E-state index in [2.05, 4.69) is 21.3 Å². The number of benzene rings is 2. The molecule has 0 atom stereocenters. The van der Waals surface area contributed by atoms with Crippen LogP contribution in [0.25, 0.3) is 0 Å². The molecule has 1 amide bonds. The van der Waals surface area contributed by atoms with Crippen LogP contribution in [0.15, 0.2) is 53.8 Å². The van der Waals surface area contributed by atoms with Crippen molar-refractivity contribution in [1.82, 2.24) is 5.32 Å². The van der Waals surface area contributed by atoms with Crippen LogP contribution in [0, 0.1) is 4.91 Å². The van der Waals surface area contributed by atoms with Gasteiger partial charge in [-0.2, -0.15) is 0 Å². The lowest BCUT2D eigenvalue weighted by Crippen LogP contribution is -2.37. The van der Waals surface area contributed by atoms with Gasteiger partial charge in [0.2, 0.25) is 0 Å². The van der Waals surface area contributed by atoms with E-state index < -0.39 is 5.60 Å². The lowest BCUT2D eigenvalue weighted by molar-refractivity contribution is -0.133. The number of carbonyl (C=O) groups is 1. The van der Waals surface area contributed by atoms with Gasteiger partial charge in [-0.3, -0.25) is 4.79 Å². The summed E-state index contributed by atoms with van der Waals surface area (Å²) in [6.07, 6.45) is 1.58. The van der Waals surface area contributed by atoms with E-state index in [1.54, 1.807) is 13.2 Å². The Morgan fingerprint density at radius 3 is 2.23 bits per heavy atom. The van der Waals surface area contributed by atoms with E-state index in [0.717, 1.165) is 29.7 Å². The number of para-hydroxylation sites is 2. The molecule has 1 aliphatic rings. The van der Waals surface area contributed by atoms with Crippen LogP contribution in [-0.4, -0.2) is 18.6 Å². The number of nitrogens with zero attached hydrogens (tertiary/aromatic N) is 1. The zero-order valence-corrected chi connectivity index (χ0v) is 14.6. The van der Waals surface area contributed by atoms with Gasteiger partial charge in [-0.15, -0.1) is 4.91 Å². The lowest BCUT2D eigenvalue weighted by atomic mass is 10.1. The Balaban J connectivity index is 1.52. The number of hydrogen-bond acceptors (Lipinski definition) is 5. The molecule has 1 saturated carbocycles. The summed E-state index contributed by atoms with van der Waals surface area (Å²) in [5, 5.41) is 8.91. The minimum Gasteiger partial charge on any atom is -0.379 e. The Morgan fingerprint density at radius 1 is 1.04 bits per heavy atom. The highest BCUT2D eigenvalue weighted by Crippen LogP contribution is 2.38. The van der Waals surface area contributed by atoms with Gasteiger partial charge < -0.3 is 15.4 Å². The number of rotatable bonds is 9. The molecular weight excluding hydrogens is 332 g/mol. The van der Waals surface area contributed by atoms with Gasteiger partial charge in [0.15, 0.2) is 0 Å². The monoisotopic (exact) mass is 354 g/mol. The third-order valence-electron chi connectivity index (χ3n) is 4.56. The van der Waals surface area contributed by atoms with Gasteiger partial charge in [0.25, 0.3) is 5.91 Å². The van der Waals surface area contributed by atoms with Crippen molar-refractivity contribution in [3.8, 4) is 0 Å². The fourth-order valence-corrected chi connectivity index (χ4v) is 2.74. The average molecular weight is 354 g/mol. The van der Waals surface area contributed by atoms with Crippen molar-refractivity contribution in [3.05, 3.63) is 64.6 Å². The Morgan fingerprint density at radius 2 is 1.65 bits per heavy atom. The molecule has 3 rings (SSSR count). The third-order valence-corrected chi connectivity index (χ3v) is 4.56. The molecule has 1 aliphatic carbocycles. The van der Waals surface area contributed by atoms with Crippen LogP contribution < -0.4 is 16.1 Å². The van der Waals surface area contributed by atoms with Crippen LogP contribution in [0.4, 0.5) is 11.4 Å². The second-order valence-electron chi connectivity index (χ2n) is 6.30. The number of nitrogens with one attached hydrogen (secondary N) is 3. The molecule has 0 saturated heterocycles. The minimum absolute atomic E-state index is 0.0429. The first-order valence-electron chi connectivity index (χ1n) is 8.49. The van der Waals surface area contributed by atoms with Crippen LogP contribution in [0.5, 0.6) is 0 Å². The lowest BCUT2D eigenvalue weighted by Gasteiger charge is -2.14. The second kappa shape index (κ2) is 7.97. The van der Waals surface area contributed by atoms with Gasteiger partial charge in [0.1, 0.15) is 5.60 Å². The fraction of sp³-hybridized carbons (Fsp3) is 0.316. The van der Waals surface area contributed by atoms with Crippen molar-refractivity contribution in [2.45, 2.75) is 31.5 Å². The molecule has 7 heteroatoms. The van der Waals surface area contributed by atoms with Crippen LogP contribution in [0.1, 0.15) is 24.0 Å². The summed E-state index contributed by atoms with van der Waals surface area (Å²) < 4.78 is 5.27. The Hall–Kier alpha value is -2.93. The number of hydrogen-bond donors (Lipinski definition) is 3. The van der Waals surface area contributed by atoms with Gasteiger partial charge in [-0.05, 0) is 36.1 Å². The first-order chi connectivity index (χ1) is 12.7. The predicted octanol–water partition coefficient (Wildman–Crippen LogP) is 3.19. The molecular formula is C19H22N4O3. The number of methoxy groups -OCH3 is 1. The fourth-order valence-electron chi connectivity index (χ4n) is 2.74. The summed E-state index contributed by atoms with van der Waals surface area (Å²) >= 11 is 0. The molecule has 0 spiro atoms. The smallest absolute Gasteiger partial charge is 0.252 e. The van der Waals surface area contributed by atoms with E-state index in [1.165, 1.54) is 0 Å². The molecule has 0 bridgehead atoms. The van der Waals surface area contributed by atoms with Gasteiger partial charge >= 0.3 is 0 Å². The Bertz CT molecular complexity index is 773. The Labute approximate surface area is 152 Å². The first-order valence-corrected chi connectivity index (χ1v) is 8.49. The molecule has 1 fully saturated rings. The maximum absolute atomic E-state index is 12.1. The van der Waals surface area contributed by atoms with Crippen LogP contribution in [-0.2, 0) is 22.6 Å². The Kier molecular flexibility index (Phi) is 5.48. The van der Waals surface area contributed by atoms with Crippen LogP contribution >= 0.6 is 0 Å². The average Bonchev–Trinajstić information content (AvgIpc) is 3.48. The number of anilines is 2. The summed E-state index contributed by atoms with van der Waals surface area (Å²) in [6, 6.07) is 15.4. The zero-order chi connectivity index (χ0) is 18.4. The summed E-state index contributed by atoms with van der Waals surface area (Å²) in [7, 11) is 1.58. The van der Waals surface area contributed by atoms with Crippen molar-refractivity contribution >= 4 is 17.3 Å². The van der Waals surface area contributed by atoms with Crippen molar-refractivity contribution in [2.24, 2.45) is 5.29 Å². The molecule has 0 radical (unpaired) electrons. The molecule has 136 valence electrons. The molecule has 3 N–H and O–H groups in total. The van der Waals surface area contributed by atoms with Gasteiger partial charge in [0.05, 0.1) is 16.7 Å². The third kappa shape index (κ3) is 4.18. The molecule has 7 nitrogen and oxygen atoms in total. The van der Waals surface area contributed by atoms with E-state index in [1.807, 2.05) is 42.5 Å². The molecule has 0 heterocycles. The highest BCUT2D eigenvalue weighted by molar-refractivity contribution is 5.88. The van der Waals surface area contributed by atoms with Gasteiger partial charge in [0, 0.05) is 20.2 Å². The predicted molar refractivity (Wildman–Crippen MR) is 100 cm³/mol.